The summed E-state index contributed by atoms with van der Waals surface area (Å²) in [5.74, 6) is 14.8. The molecule has 11 aliphatic carbocycles. The monoisotopic (exact) mass is 292 g/mol. The third kappa shape index (κ3) is 0.681. The first-order valence-corrected chi connectivity index (χ1v) is 10.8. The van der Waals surface area contributed by atoms with Gasteiger partial charge in [0, 0.05) is 0 Å². The van der Waals surface area contributed by atoms with E-state index in [2.05, 4.69) is 0 Å². The van der Waals surface area contributed by atoms with Crippen LogP contribution in [0.5, 0.6) is 0 Å². The lowest BCUT2D eigenvalue weighted by molar-refractivity contribution is -0.376. The predicted octanol–water partition coefficient (Wildman–Crippen LogP) is 4.60. The molecule has 0 saturated heterocycles. The van der Waals surface area contributed by atoms with Gasteiger partial charge in [-0.25, -0.2) is 0 Å². The zero-order valence-corrected chi connectivity index (χ0v) is 13.6. The van der Waals surface area contributed by atoms with Gasteiger partial charge in [0.25, 0.3) is 0 Å². The molecule has 11 fully saturated rings. The first-order chi connectivity index (χ1) is 10.8. The van der Waals surface area contributed by atoms with Crippen molar-refractivity contribution in [1.29, 1.82) is 0 Å². The second kappa shape index (κ2) is 2.68. The molecule has 0 aromatic carbocycles. The summed E-state index contributed by atoms with van der Waals surface area (Å²) in [6.45, 7) is 0. The summed E-state index contributed by atoms with van der Waals surface area (Å²) in [4.78, 5) is 0. The molecular formula is C22H28. The molecule has 116 valence electrons. The number of rotatable bonds is 0. The van der Waals surface area contributed by atoms with Crippen LogP contribution in [0.25, 0.3) is 0 Å². The summed E-state index contributed by atoms with van der Waals surface area (Å²) in [5.41, 5.74) is 1.88. The van der Waals surface area contributed by atoms with Crippen molar-refractivity contribution in [3.63, 3.8) is 0 Å². The molecule has 0 aliphatic heterocycles. The maximum atomic E-state index is 1.75. The van der Waals surface area contributed by atoms with Crippen LogP contribution in [0.15, 0.2) is 0 Å². The minimum atomic E-state index is 0.939. The second-order valence-corrected chi connectivity index (χ2v) is 11.9. The number of fused-ring (bicyclic) bond motifs is 1. The Labute approximate surface area is 133 Å². The highest BCUT2D eigenvalue weighted by Gasteiger charge is 2.88. The maximum absolute atomic E-state index is 1.75. The molecule has 11 rings (SSSR count). The molecule has 14 atom stereocenters. The van der Waals surface area contributed by atoms with E-state index in [1.54, 1.807) is 51.4 Å². The van der Waals surface area contributed by atoms with Gasteiger partial charge in [0.15, 0.2) is 0 Å². The molecule has 22 heavy (non-hydrogen) atoms. The lowest BCUT2D eigenvalue weighted by Crippen LogP contribution is -2.80. The number of hydrogen-bond acceptors (Lipinski definition) is 0. The van der Waals surface area contributed by atoms with Crippen LogP contribution in [0, 0.1) is 81.8 Å². The highest BCUT2D eigenvalue weighted by atomic mass is 14.9. The quantitative estimate of drug-likeness (QED) is 0.612. The first kappa shape index (κ1) is 10.8. The standard InChI is InChI=1S/C22H28/c1-9-3-16-12-5-14-13-6-17(11(1)12)21(7-9)18-4-10-2-15(19(13)18)20(14)22(16,21)8-10/h9-20H,1-8H2. The van der Waals surface area contributed by atoms with Crippen LogP contribution in [0.2, 0.25) is 0 Å². The summed E-state index contributed by atoms with van der Waals surface area (Å²) < 4.78 is 0. The third-order valence-corrected chi connectivity index (χ3v) is 12.7. The smallest absolute Gasteiger partial charge is 0.0168 e. The fourth-order valence-corrected chi connectivity index (χ4v) is 13.7. The minimum Gasteiger partial charge on any atom is -0.0470 e. The Morgan fingerprint density at radius 3 is 2.18 bits per heavy atom. The van der Waals surface area contributed by atoms with E-state index in [0.717, 1.165) is 10.8 Å². The molecule has 11 saturated carbocycles. The van der Waals surface area contributed by atoms with Crippen LogP contribution in [0.4, 0.5) is 0 Å². The summed E-state index contributed by atoms with van der Waals surface area (Å²) in [7, 11) is 0. The van der Waals surface area contributed by atoms with Crippen LogP contribution in [-0.2, 0) is 0 Å². The highest BCUT2D eigenvalue weighted by molar-refractivity contribution is 5.36. The van der Waals surface area contributed by atoms with E-state index in [0.29, 0.717) is 0 Å². The van der Waals surface area contributed by atoms with Crippen molar-refractivity contribution in [2.45, 2.75) is 51.4 Å². The molecule has 0 aromatic rings. The summed E-state index contributed by atoms with van der Waals surface area (Å²) in [5, 5.41) is 0. The normalized spacial score (nSPS) is 85.1. The van der Waals surface area contributed by atoms with Crippen molar-refractivity contribution in [3.8, 4) is 0 Å². The van der Waals surface area contributed by atoms with Crippen molar-refractivity contribution < 1.29 is 0 Å². The van der Waals surface area contributed by atoms with Gasteiger partial charge in [-0.3, -0.25) is 0 Å². The van der Waals surface area contributed by atoms with E-state index < -0.39 is 0 Å². The van der Waals surface area contributed by atoms with Gasteiger partial charge < -0.3 is 0 Å². The Balaban J connectivity index is 1.49. The summed E-state index contributed by atoms with van der Waals surface area (Å²) in [6, 6.07) is 0. The molecule has 0 N–H and O–H groups in total. The van der Waals surface area contributed by atoms with Crippen LogP contribution >= 0.6 is 0 Å². The van der Waals surface area contributed by atoms with Gasteiger partial charge in [0.05, 0.1) is 0 Å². The average Bonchev–Trinajstić information content (AvgIpc) is 2.69. The molecule has 0 aromatic heterocycles. The van der Waals surface area contributed by atoms with E-state index in [9.17, 15) is 0 Å². The molecule has 2 spiro atoms. The van der Waals surface area contributed by atoms with Gasteiger partial charge in [0.1, 0.15) is 0 Å². The zero-order chi connectivity index (χ0) is 13.6. The Morgan fingerprint density at radius 2 is 1.23 bits per heavy atom. The second-order valence-electron chi connectivity index (χ2n) is 11.9. The molecule has 0 radical (unpaired) electrons. The lowest BCUT2D eigenvalue weighted by atomic mass is 9.19. The van der Waals surface area contributed by atoms with Crippen molar-refractivity contribution >= 4 is 0 Å². The molecule has 11 bridgehead atoms. The van der Waals surface area contributed by atoms with E-state index >= 15 is 0 Å². The fourth-order valence-electron chi connectivity index (χ4n) is 13.7. The van der Waals surface area contributed by atoms with E-state index in [4.69, 9.17) is 0 Å². The average molecular weight is 292 g/mol. The largest absolute Gasteiger partial charge is 0.0470 e. The van der Waals surface area contributed by atoms with Crippen LogP contribution in [-0.4, -0.2) is 0 Å². The zero-order valence-electron chi connectivity index (χ0n) is 13.6. The van der Waals surface area contributed by atoms with Gasteiger partial charge in [-0.1, -0.05) is 0 Å². The van der Waals surface area contributed by atoms with Crippen molar-refractivity contribution in [3.05, 3.63) is 0 Å². The van der Waals surface area contributed by atoms with Gasteiger partial charge in [-0.05, 0) is 133 Å². The van der Waals surface area contributed by atoms with E-state index in [1.807, 2.05) is 0 Å². The minimum absolute atomic E-state index is 0.939. The Morgan fingerprint density at radius 1 is 0.500 bits per heavy atom. The SMILES string of the molecule is C1C2CC3C4CC5C6CC(C14)C1(C2)C2CC4CC(C62)C5C31C4. The van der Waals surface area contributed by atoms with Crippen molar-refractivity contribution in [2.75, 3.05) is 0 Å². The summed E-state index contributed by atoms with van der Waals surface area (Å²) in [6.07, 6.45) is 13.8. The van der Waals surface area contributed by atoms with Crippen molar-refractivity contribution in [2.24, 2.45) is 81.8 Å². The summed E-state index contributed by atoms with van der Waals surface area (Å²) >= 11 is 0. The maximum Gasteiger partial charge on any atom is -0.0168 e. The van der Waals surface area contributed by atoms with E-state index in [-0.39, 0.29) is 0 Å². The van der Waals surface area contributed by atoms with Gasteiger partial charge in [-0.15, -0.1) is 0 Å². The van der Waals surface area contributed by atoms with Gasteiger partial charge >= 0.3 is 0 Å². The molecule has 11 aliphatic rings. The van der Waals surface area contributed by atoms with Crippen molar-refractivity contribution in [1.82, 2.24) is 0 Å². The van der Waals surface area contributed by atoms with Crippen LogP contribution in [0.1, 0.15) is 51.4 Å². The highest BCUT2D eigenvalue weighted by Crippen LogP contribution is 2.94. The van der Waals surface area contributed by atoms with Gasteiger partial charge in [-0.2, -0.15) is 0 Å². The van der Waals surface area contributed by atoms with Crippen LogP contribution in [0.3, 0.4) is 0 Å². The lowest BCUT2D eigenvalue weighted by Gasteiger charge is -2.85. The Kier molecular flexibility index (Phi) is 1.31. The van der Waals surface area contributed by atoms with Gasteiger partial charge in [0.2, 0.25) is 0 Å². The molecule has 14 unspecified atom stereocenters. The Hall–Kier alpha value is 0. The molecule has 0 heterocycles. The van der Waals surface area contributed by atoms with E-state index in [1.165, 1.54) is 71.0 Å². The third-order valence-electron chi connectivity index (χ3n) is 12.7. The first-order valence-electron chi connectivity index (χ1n) is 10.8. The Bertz CT molecular complexity index is 648. The molecule has 0 amide bonds. The number of hydrogen-bond donors (Lipinski definition) is 0. The molecular weight excluding hydrogens is 264 g/mol. The van der Waals surface area contributed by atoms with Crippen LogP contribution < -0.4 is 0 Å². The molecule has 0 nitrogen and oxygen atoms in total. The topological polar surface area (TPSA) is 0 Å². The predicted molar refractivity (Wildman–Crippen MR) is 83.7 cm³/mol. The fraction of sp³-hybridized carbons (Fsp3) is 1.00. The molecule has 0 heteroatoms.